The number of aromatic nitrogens is 2. The Balaban J connectivity index is 2.23. The van der Waals surface area contributed by atoms with Crippen molar-refractivity contribution in [2.75, 3.05) is 0 Å². The first-order valence-electron chi connectivity index (χ1n) is 8.48. The molecule has 142 valence electrons. The van der Waals surface area contributed by atoms with E-state index < -0.39 is 17.8 Å². The monoisotopic (exact) mass is 407 g/mol. The lowest BCUT2D eigenvalue weighted by Gasteiger charge is -2.32. The Kier molecular flexibility index (Phi) is 5.67. The minimum Gasteiger partial charge on any atom is -0.462 e. The second-order valence-electron chi connectivity index (χ2n) is 6.58. The van der Waals surface area contributed by atoms with Gasteiger partial charge in [-0.05, 0) is 39.3 Å². The smallest absolute Gasteiger partial charge is 0.315 e. The quantitative estimate of drug-likeness (QED) is 0.671. The number of hydrogen-bond acceptors (Lipinski definition) is 6. The van der Waals surface area contributed by atoms with Gasteiger partial charge in [0.05, 0.1) is 16.1 Å². The molecule has 2 atom stereocenters. The molecule has 0 bridgehead atoms. The highest BCUT2D eigenvalue weighted by atomic mass is 35.5. The number of rotatable bonds is 4. The summed E-state index contributed by atoms with van der Waals surface area (Å²) < 4.78 is 10.9. The number of ether oxygens (including phenoxy) is 1. The van der Waals surface area contributed by atoms with Gasteiger partial charge in [-0.1, -0.05) is 35.3 Å². The number of esters is 1. The standard InChI is InChI=1S/C19H19Cl2N3O3/c1-9(2)27-19(25)15-11(4)23-10(3)14(18-24-22-8-26-18)16(15)12-6-5-7-13(20)17(12)21/h5-9,15-16H,1-4H3. The van der Waals surface area contributed by atoms with Crippen LogP contribution in [-0.4, -0.2) is 28.0 Å². The van der Waals surface area contributed by atoms with Gasteiger partial charge in [-0.3, -0.25) is 9.79 Å². The van der Waals surface area contributed by atoms with Gasteiger partial charge in [0.25, 0.3) is 0 Å². The van der Waals surface area contributed by atoms with Gasteiger partial charge in [0, 0.05) is 22.9 Å². The fourth-order valence-electron chi connectivity index (χ4n) is 3.31. The van der Waals surface area contributed by atoms with Crippen molar-refractivity contribution in [3.05, 3.63) is 51.8 Å². The van der Waals surface area contributed by atoms with E-state index in [4.69, 9.17) is 32.4 Å². The summed E-state index contributed by atoms with van der Waals surface area (Å²) >= 11 is 12.8. The van der Waals surface area contributed by atoms with Crippen molar-refractivity contribution >= 4 is 40.5 Å². The predicted octanol–water partition coefficient (Wildman–Crippen LogP) is 4.93. The van der Waals surface area contributed by atoms with Crippen molar-refractivity contribution in [3.8, 4) is 0 Å². The number of allylic oxidation sites excluding steroid dienone is 2. The van der Waals surface area contributed by atoms with Crippen LogP contribution in [0.4, 0.5) is 0 Å². The maximum Gasteiger partial charge on any atom is 0.315 e. The molecule has 1 aliphatic rings. The molecule has 0 radical (unpaired) electrons. The molecule has 0 spiro atoms. The van der Waals surface area contributed by atoms with Crippen LogP contribution < -0.4 is 0 Å². The maximum absolute atomic E-state index is 13.0. The lowest BCUT2D eigenvalue weighted by molar-refractivity contribution is -0.150. The van der Waals surface area contributed by atoms with Gasteiger partial charge in [-0.25, -0.2) is 0 Å². The second kappa shape index (κ2) is 7.82. The van der Waals surface area contributed by atoms with Crippen LogP contribution in [0.5, 0.6) is 0 Å². The minimum atomic E-state index is -0.686. The Morgan fingerprint density at radius 1 is 1.26 bits per heavy atom. The van der Waals surface area contributed by atoms with E-state index in [0.717, 1.165) is 0 Å². The third-order valence-electron chi connectivity index (χ3n) is 4.34. The van der Waals surface area contributed by atoms with Crippen molar-refractivity contribution < 1.29 is 13.9 Å². The zero-order chi connectivity index (χ0) is 19.7. The summed E-state index contributed by atoms with van der Waals surface area (Å²) in [5.41, 5.74) is 2.61. The maximum atomic E-state index is 13.0. The molecule has 0 aliphatic carbocycles. The van der Waals surface area contributed by atoms with Crippen LogP contribution in [0.2, 0.25) is 10.0 Å². The van der Waals surface area contributed by atoms with Crippen molar-refractivity contribution in [3.63, 3.8) is 0 Å². The molecule has 2 heterocycles. The van der Waals surface area contributed by atoms with Crippen LogP contribution >= 0.6 is 23.2 Å². The van der Waals surface area contributed by atoms with E-state index in [-0.39, 0.29) is 12.0 Å². The normalized spacial score (nSPS) is 20.0. The Morgan fingerprint density at radius 3 is 2.63 bits per heavy atom. The molecule has 0 fully saturated rings. The van der Waals surface area contributed by atoms with Gasteiger partial charge in [0.1, 0.15) is 5.92 Å². The molecule has 1 aromatic carbocycles. The number of nitrogens with zero attached hydrogens (tertiary/aromatic N) is 3. The summed E-state index contributed by atoms with van der Waals surface area (Å²) in [5.74, 6) is -1.31. The summed E-state index contributed by atoms with van der Waals surface area (Å²) in [6.45, 7) is 7.23. The van der Waals surface area contributed by atoms with Gasteiger partial charge in [0.2, 0.25) is 12.3 Å². The van der Waals surface area contributed by atoms with Crippen LogP contribution in [0.3, 0.4) is 0 Å². The van der Waals surface area contributed by atoms with Crippen LogP contribution in [0.25, 0.3) is 5.57 Å². The fraction of sp³-hybridized carbons (Fsp3) is 0.368. The van der Waals surface area contributed by atoms with Gasteiger partial charge in [-0.2, -0.15) is 0 Å². The SMILES string of the molecule is CC1=NC(C)=C(c2nnco2)C(c2cccc(Cl)c2Cl)C1C(=O)OC(C)C. The number of aliphatic imine (C=N–C) groups is 1. The third kappa shape index (κ3) is 3.77. The predicted molar refractivity (Wildman–Crippen MR) is 104 cm³/mol. The highest BCUT2D eigenvalue weighted by molar-refractivity contribution is 6.42. The Hall–Kier alpha value is -2.18. The van der Waals surface area contributed by atoms with Gasteiger partial charge < -0.3 is 9.15 Å². The Labute approximate surface area is 167 Å². The zero-order valence-corrected chi connectivity index (χ0v) is 16.9. The van der Waals surface area contributed by atoms with Crippen LogP contribution in [0, 0.1) is 5.92 Å². The highest BCUT2D eigenvalue weighted by Crippen LogP contribution is 2.47. The summed E-state index contributed by atoms with van der Waals surface area (Å²) in [6, 6.07) is 5.31. The third-order valence-corrected chi connectivity index (χ3v) is 5.17. The number of halogens is 2. The Morgan fingerprint density at radius 2 is 2.00 bits per heavy atom. The highest BCUT2D eigenvalue weighted by Gasteiger charge is 2.42. The molecule has 3 rings (SSSR count). The average Bonchev–Trinajstić information content (AvgIpc) is 3.10. The van der Waals surface area contributed by atoms with Gasteiger partial charge >= 0.3 is 5.97 Å². The van der Waals surface area contributed by atoms with E-state index in [1.54, 1.807) is 32.9 Å². The van der Waals surface area contributed by atoms with Crippen LogP contribution in [0.15, 0.2) is 39.7 Å². The molecule has 8 heteroatoms. The molecular weight excluding hydrogens is 389 g/mol. The molecule has 0 N–H and O–H groups in total. The average molecular weight is 408 g/mol. The molecule has 0 amide bonds. The Bertz CT molecular complexity index is 920. The van der Waals surface area contributed by atoms with Crippen LogP contribution in [-0.2, 0) is 9.53 Å². The molecule has 1 aliphatic heterocycles. The summed E-state index contributed by atoms with van der Waals surface area (Å²) in [4.78, 5) is 17.5. The fourth-order valence-corrected chi connectivity index (χ4v) is 3.74. The lowest BCUT2D eigenvalue weighted by Crippen LogP contribution is -2.35. The van der Waals surface area contributed by atoms with Crippen molar-refractivity contribution in [2.24, 2.45) is 10.9 Å². The largest absolute Gasteiger partial charge is 0.462 e. The van der Waals surface area contributed by atoms with Crippen LogP contribution in [0.1, 0.15) is 45.1 Å². The molecule has 6 nitrogen and oxygen atoms in total. The minimum absolute atomic E-state index is 0.264. The topological polar surface area (TPSA) is 77.6 Å². The first-order valence-corrected chi connectivity index (χ1v) is 9.23. The molecule has 0 saturated heterocycles. The van der Waals surface area contributed by atoms with Crippen molar-refractivity contribution in [1.82, 2.24) is 10.2 Å². The number of hydrogen-bond donors (Lipinski definition) is 0. The molecule has 2 aromatic rings. The van der Waals surface area contributed by atoms with Crippen molar-refractivity contribution in [1.29, 1.82) is 0 Å². The number of benzene rings is 1. The zero-order valence-electron chi connectivity index (χ0n) is 15.4. The van der Waals surface area contributed by atoms with Gasteiger partial charge in [-0.15, -0.1) is 10.2 Å². The van der Waals surface area contributed by atoms with E-state index >= 15 is 0 Å². The van der Waals surface area contributed by atoms with Gasteiger partial charge in [0.15, 0.2) is 0 Å². The lowest BCUT2D eigenvalue weighted by atomic mass is 9.75. The van der Waals surface area contributed by atoms with E-state index in [1.165, 1.54) is 6.39 Å². The number of carbonyl (C=O) groups excluding carboxylic acids is 1. The molecular formula is C19H19Cl2N3O3. The number of carbonyl (C=O) groups is 1. The van der Waals surface area contributed by atoms with E-state index in [9.17, 15) is 4.79 Å². The van der Waals surface area contributed by atoms with Crippen molar-refractivity contribution in [2.45, 2.75) is 39.7 Å². The summed E-state index contributed by atoms with van der Waals surface area (Å²) in [5, 5.41) is 8.55. The van der Waals surface area contributed by atoms with E-state index in [1.807, 2.05) is 13.0 Å². The molecule has 27 heavy (non-hydrogen) atoms. The van der Waals surface area contributed by atoms with E-state index in [0.29, 0.717) is 32.6 Å². The molecule has 2 unspecified atom stereocenters. The summed E-state index contributed by atoms with van der Waals surface area (Å²) in [6.07, 6.45) is 0.971. The molecule has 0 saturated carbocycles. The first-order chi connectivity index (χ1) is 12.8. The second-order valence-corrected chi connectivity index (χ2v) is 7.37. The first kappa shape index (κ1) is 19.6. The molecule has 1 aromatic heterocycles. The summed E-state index contributed by atoms with van der Waals surface area (Å²) in [7, 11) is 0. The van der Waals surface area contributed by atoms with E-state index in [2.05, 4.69) is 15.2 Å².